The van der Waals surface area contributed by atoms with E-state index in [0.717, 1.165) is 55.8 Å². The van der Waals surface area contributed by atoms with Gasteiger partial charge in [0.25, 0.3) is 0 Å². The molecule has 0 aliphatic heterocycles. The molecule has 0 radical (unpaired) electrons. The first-order valence-electron chi connectivity index (χ1n) is 11.8. The van der Waals surface area contributed by atoms with Crippen LogP contribution in [0.1, 0.15) is 55.7 Å². The average Bonchev–Trinajstić information content (AvgIpc) is 2.81. The largest absolute Gasteiger partial charge is 0.506 e. The number of unbranched alkanes of at least 4 members (excludes halogenated alkanes) is 3. The minimum Gasteiger partial charge on any atom is -0.506 e. The van der Waals surface area contributed by atoms with Crippen molar-refractivity contribution in [2.24, 2.45) is 0 Å². The number of hydrogen-bond donors (Lipinski definition) is 2. The number of methoxy groups -OCH3 is 2. The highest BCUT2D eigenvalue weighted by Crippen LogP contribution is 2.38. The molecule has 1 aliphatic carbocycles. The third-order valence-electron chi connectivity index (χ3n) is 6.36. The van der Waals surface area contributed by atoms with Crippen molar-refractivity contribution in [3.05, 3.63) is 52.0 Å². The standard InChI is InChI=1S/C26H37ClN2O3/c1-4-5-6-7-16-29(28-15-14-19-8-12-24(30)23(27)17-19)21-10-11-22-20(18-21)9-13-25(31-2)26(22)32-3/h8-9,12-13,17,21,28,30H,4-7,10-11,14-16,18H2,1-3H3. The number of ether oxygens (including phenoxy) is 2. The molecule has 0 saturated heterocycles. The molecular weight excluding hydrogens is 424 g/mol. The number of aromatic hydroxyl groups is 1. The summed E-state index contributed by atoms with van der Waals surface area (Å²) in [5, 5.41) is 12.5. The van der Waals surface area contributed by atoms with Gasteiger partial charge in [0.1, 0.15) is 5.75 Å². The maximum Gasteiger partial charge on any atom is 0.164 e. The Bertz CT molecular complexity index is 874. The van der Waals surface area contributed by atoms with Gasteiger partial charge in [-0.2, -0.15) is 0 Å². The minimum atomic E-state index is 0.133. The lowest BCUT2D eigenvalue weighted by atomic mass is 9.87. The van der Waals surface area contributed by atoms with Gasteiger partial charge < -0.3 is 14.6 Å². The molecule has 1 atom stereocenters. The molecule has 32 heavy (non-hydrogen) atoms. The monoisotopic (exact) mass is 460 g/mol. The fourth-order valence-electron chi connectivity index (χ4n) is 4.58. The number of nitrogens with zero attached hydrogens (tertiary/aromatic N) is 1. The zero-order valence-electron chi connectivity index (χ0n) is 19.6. The summed E-state index contributed by atoms with van der Waals surface area (Å²) in [6, 6.07) is 10.1. The number of fused-ring (bicyclic) bond motifs is 1. The van der Waals surface area contributed by atoms with Crippen molar-refractivity contribution in [3.8, 4) is 17.2 Å². The molecule has 2 N–H and O–H groups in total. The van der Waals surface area contributed by atoms with Gasteiger partial charge >= 0.3 is 0 Å². The van der Waals surface area contributed by atoms with Gasteiger partial charge in [0.05, 0.1) is 19.2 Å². The van der Waals surface area contributed by atoms with E-state index in [1.807, 2.05) is 18.2 Å². The topological polar surface area (TPSA) is 54.0 Å². The van der Waals surface area contributed by atoms with Crippen LogP contribution < -0.4 is 14.9 Å². The molecule has 6 heteroatoms. The maximum atomic E-state index is 9.65. The minimum absolute atomic E-state index is 0.133. The predicted octanol–water partition coefficient (Wildman–Crippen LogP) is 5.55. The summed E-state index contributed by atoms with van der Waals surface area (Å²) >= 11 is 6.07. The molecule has 0 bridgehead atoms. The van der Waals surface area contributed by atoms with Crippen LogP contribution in [0.15, 0.2) is 30.3 Å². The molecule has 0 aromatic heterocycles. The molecule has 1 unspecified atom stereocenters. The van der Waals surface area contributed by atoms with Crippen LogP contribution in [0, 0.1) is 0 Å². The lowest BCUT2D eigenvalue weighted by Gasteiger charge is -2.36. The van der Waals surface area contributed by atoms with Gasteiger partial charge in [0, 0.05) is 24.7 Å². The van der Waals surface area contributed by atoms with Crippen molar-refractivity contribution >= 4 is 11.6 Å². The van der Waals surface area contributed by atoms with Crippen molar-refractivity contribution in [2.45, 2.75) is 64.3 Å². The fourth-order valence-corrected chi connectivity index (χ4v) is 4.78. The second-order valence-corrected chi connectivity index (χ2v) is 8.94. The molecule has 1 aliphatic rings. The maximum absolute atomic E-state index is 9.65. The Morgan fingerprint density at radius 1 is 1.12 bits per heavy atom. The Balaban J connectivity index is 1.66. The number of rotatable bonds is 12. The third-order valence-corrected chi connectivity index (χ3v) is 6.67. The van der Waals surface area contributed by atoms with Gasteiger partial charge in [-0.15, -0.1) is 0 Å². The van der Waals surface area contributed by atoms with Gasteiger partial charge in [-0.1, -0.05) is 49.9 Å². The molecule has 2 aromatic rings. The van der Waals surface area contributed by atoms with Crippen LogP contribution in [0.3, 0.4) is 0 Å². The zero-order valence-corrected chi connectivity index (χ0v) is 20.4. The number of nitrogens with one attached hydrogen (secondary N) is 1. The molecule has 0 fully saturated rings. The van der Waals surface area contributed by atoms with Crippen molar-refractivity contribution < 1.29 is 14.6 Å². The van der Waals surface area contributed by atoms with E-state index in [9.17, 15) is 5.11 Å². The second kappa shape index (κ2) is 12.3. The van der Waals surface area contributed by atoms with Crippen molar-refractivity contribution in [3.63, 3.8) is 0 Å². The van der Waals surface area contributed by atoms with Gasteiger partial charge in [-0.3, -0.25) is 5.43 Å². The predicted molar refractivity (Wildman–Crippen MR) is 131 cm³/mol. The van der Waals surface area contributed by atoms with E-state index in [0.29, 0.717) is 11.1 Å². The van der Waals surface area contributed by atoms with E-state index in [4.69, 9.17) is 21.1 Å². The van der Waals surface area contributed by atoms with Crippen LogP contribution >= 0.6 is 11.6 Å². The second-order valence-electron chi connectivity index (χ2n) is 8.53. The van der Waals surface area contributed by atoms with Crippen LogP contribution in [0.5, 0.6) is 17.2 Å². The Kier molecular flexibility index (Phi) is 9.51. The third kappa shape index (κ3) is 6.31. The normalized spacial score (nSPS) is 15.6. The highest BCUT2D eigenvalue weighted by atomic mass is 35.5. The van der Waals surface area contributed by atoms with Crippen molar-refractivity contribution in [1.82, 2.24) is 10.4 Å². The Labute approximate surface area is 197 Å². The summed E-state index contributed by atoms with van der Waals surface area (Å²) < 4.78 is 11.2. The zero-order chi connectivity index (χ0) is 22.9. The highest BCUT2D eigenvalue weighted by molar-refractivity contribution is 6.32. The lowest BCUT2D eigenvalue weighted by Crippen LogP contribution is -2.49. The van der Waals surface area contributed by atoms with E-state index < -0.39 is 0 Å². The molecule has 0 saturated carbocycles. The fraction of sp³-hybridized carbons (Fsp3) is 0.538. The number of phenolic OH excluding ortho intramolecular Hbond substituents is 1. The molecule has 2 aromatic carbocycles. The lowest BCUT2D eigenvalue weighted by molar-refractivity contribution is 0.109. The van der Waals surface area contributed by atoms with E-state index in [2.05, 4.69) is 23.4 Å². The molecule has 0 spiro atoms. The molecule has 3 rings (SSSR count). The average molecular weight is 461 g/mol. The number of benzene rings is 2. The van der Waals surface area contributed by atoms with Gasteiger partial charge in [0.15, 0.2) is 11.5 Å². The number of hydrogen-bond acceptors (Lipinski definition) is 5. The number of halogens is 1. The summed E-state index contributed by atoms with van der Waals surface area (Å²) in [6.07, 6.45) is 8.92. The Hall–Kier alpha value is -1.95. The summed E-state index contributed by atoms with van der Waals surface area (Å²) in [7, 11) is 3.42. The number of hydrazine groups is 1. The SMILES string of the molecule is CCCCCCN(NCCc1ccc(O)c(Cl)c1)C1CCc2c(ccc(OC)c2OC)C1. The van der Waals surface area contributed by atoms with E-state index in [-0.39, 0.29) is 5.75 Å². The van der Waals surface area contributed by atoms with Crippen LogP contribution in [-0.2, 0) is 19.3 Å². The van der Waals surface area contributed by atoms with Gasteiger partial charge in [-0.05, 0) is 61.4 Å². The van der Waals surface area contributed by atoms with Crippen LogP contribution in [-0.4, -0.2) is 43.5 Å². The van der Waals surface area contributed by atoms with Crippen LogP contribution in [0.4, 0.5) is 0 Å². The first-order chi connectivity index (χ1) is 15.6. The molecule has 0 amide bonds. The molecule has 5 nitrogen and oxygen atoms in total. The molecule has 176 valence electrons. The summed E-state index contributed by atoms with van der Waals surface area (Å²) in [6.45, 7) is 4.13. The summed E-state index contributed by atoms with van der Waals surface area (Å²) in [5.41, 5.74) is 7.46. The Morgan fingerprint density at radius 3 is 2.69 bits per heavy atom. The number of phenols is 1. The Morgan fingerprint density at radius 2 is 1.97 bits per heavy atom. The smallest absolute Gasteiger partial charge is 0.164 e. The van der Waals surface area contributed by atoms with Crippen LogP contribution in [0.2, 0.25) is 5.02 Å². The van der Waals surface area contributed by atoms with Gasteiger partial charge in [-0.25, -0.2) is 5.01 Å². The van der Waals surface area contributed by atoms with Gasteiger partial charge in [0.2, 0.25) is 0 Å². The highest BCUT2D eigenvalue weighted by Gasteiger charge is 2.27. The molecular formula is C26H37ClN2O3. The van der Waals surface area contributed by atoms with Crippen molar-refractivity contribution in [1.29, 1.82) is 0 Å². The van der Waals surface area contributed by atoms with Crippen LogP contribution in [0.25, 0.3) is 0 Å². The molecule has 0 heterocycles. The summed E-state index contributed by atoms with van der Waals surface area (Å²) in [5.74, 6) is 1.83. The summed E-state index contributed by atoms with van der Waals surface area (Å²) in [4.78, 5) is 0. The van der Waals surface area contributed by atoms with Crippen molar-refractivity contribution in [2.75, 3.05) is 27.3 Å². The van der Waals surface area contributed by atoms with E-state index in [1.165, 1.54) is 36.8 Å². The first-order valence-corrected chi connectivity index (χ1v) is 12.1. The first kappa shape index (κ1) is 24.7. The quantitative estimate of drug-likeness (QED) is 0.321. The van der Waals surface area contributed by atoms with E-state index >= 15 is 0 Å². The van der Waals surface area contributed by atoms with E-state index in [1.54, 1.807) is 20.3 Å².